The lowest BCUT2D eigenvalue weighted by molar-refractivity contribution is -0.133. The fourth-order valence-corrected chi connectivity index (χ4v) is 2.24. The number of carbonyl (C=O) groups is 2. The van der Waals surface area contributed by atoms with Crippen LogP contribution in [0.5, 0.6) is 0 Å². The van der Waals surface area contributed by atoms with Crippen molar-refractivity contribution in [3.8, 4) is 0 Å². The SMILES string of the molecule is CCCNC(=O)Cn1c(SCC(=O)O)nnc1C(C)C. The Labute approximate surface area is 122 Å². The molecule has 0 radical (unpaired) electrons. The lowest BCUT2D eigenvalue weighted by Gasteiger charge is -2.11. The Morgan fingerprint density at radius 1 is 1.40 bits per heavy atom. The zero-order valence-electron chi connectivity index (χ0n) is 11.9. The molecule has 0 aliphatic rings. The molecule has 0 saturated heterocycles. The minimum atomic E-state index is -0.925. The number of hydrogen-bond acceptors (Lipinski definition) is 5. The summed E-state index contributed by atoms with van der Waals surface area (Å²) in [5.74, 6) is -0.353. The van der Waals surface area contributed by atoms with Crippen molar-refractivity contribution < 1.29 is 14.7 Å². The average Bonchev–Trinajstić information content (AvgIpc) is 2.77. The van der Waals surface area contributed by atoms with Crippen molar-refractivity contribution in [2.45, 2.75) is 44.8 Å². The Balaban J connectivity index is 2.85. The van der Waals surface area contributed by atoms with Crippen LogP contribution in [0.4, 0.5) is 0 Å². The molecule has 1 aromatic rings. The molecule has 0 spiro atoms. The highest BCUT2D eigenvalue weighted by Gasteiger charge is 2.18. The molecule has 20 heavy (non-hydrogen) atoms. The highest BCUT2D eigenvalue weighted by molar-refractivity contribution is 7.99. The summed E-state index contributed by atoms with van der Waals surface area (Å²) < 4.78 is 1.68. The van der Waals surface area contributed by atoms with E-state index in [9.17, 15) is 9.59 Å². The van der Waals surface area contributed by atoms with Crippen molar-refractivity contribution in [2.24, 2.45) is 0 Å². The van der Waals surface area contributed by atoms with Crippen LogP contribution in [0.3, 0.4) is 0 Å². The number of aromatic nitrogens is 3. The monoisotopic (exact) mass is 300 g/mol. The van der Waals surface area contributed by atoms with E-state index < -0.39 is 5.97 Å². The average molecular weight is 300 g/mol. The van der Waals surface area contributed by atoms with Gasteiger partial charge < -0.3 is 10.4 Å². The second-order valence-corrected chi connectivity index (χ2v) is 5.56. The Hall–Kier alpha value is -1.57. The molecule has 0 fully saturated rings. The van der Waals surface area contributed by atoms with Gasteiger partial charge in [0.05, 0.1) is 5.75 Å². The van der Waals surface area contributed by atoms with E-state index in [0.717, 1.165) is 18.2 Å². The molecular formula is C12H20N4O3S. The van der Waals surface area contributed by atoms with Crippen molar-refractivity contribution >= 4 is 23.6 Å². The van der Waals surface area contributed by atoms with Crippen molar-refractivity contribution in [1.29, 1.82) is 0 Å². The first-order valence-electron chi connectivity index (χ1n) is 6.50. The predicted molar refractivity (Wildman–Crippen MR) is 75.8 cm³/mol. The van der Waals surface area contributed by atoms with Crippen LogP contribution in [0.1, 0.15) is 38.9 Å². The maximum atomic E-state index is 11.8. The van der Waals surface area contributed by atoms with Crippen molar-refractivity contribution in [3.05, 3.63) is 5.82 Å². The minimum absolute atomic E-state index is 0.104. The first-order chi connectivity index (χ1) is 9.45. The van der Waals surface area contributed by atoms with Crippen LogP contribution in [-0.4, -0.2) is 44.0 Å². The fraction of sp³-hybridized carbons (Fsp3) is 0.667. The number of carboxylic acids is 1. The first-order valence-corrected chi connectivity index (χ1v) is 7.48. The Morgan fingerprint density at radius 2 is 2.10 bits per heavy atom. The van der Waals surface area contributed by atoms with Gasteiger partial charge in [-0.1, -0.05) is 32.5 Å². The molecule has 1 amide bonds. The highest BCUT2D eigenvalue weighted by Crippen LogP contribution is 2.21. The third-order valence-electron chi connectivity index (χ3n) is 2.46. The molecule has 0 atom stereocenters. The molecule has 1 heterocycles. The van der Waals surface area contributed by atoms with Gasteiger partial charge in [0.1, 0.15) is 12.4 Å². The van der Waals surface area contributed by atoms with Gasteiger partial charge >= 0.3 is 5.97 Å². The molecule has 0 aliphatic carbocycles. The third-order valence-corrected chi connectivity index (χ3v) is 3.41. The molecule has 0 aliphatic heterocycles. The number of carboxylic acid groups (broad SMARTS) is 1. The number of carbonyl (C=O) groups excluding carboxylic acids is 1. The summed E-state index contributed by atoms with van der Waals surface area (Å²) in [6.45, 7) is 6.62. The molecule has 0 unspecified atom stereocenters. The van der Waals surface area contributed by atoms with Crippen LogP contribution in [-0.2, 0) is 16.1 Å². The van der Waals surface area contributed by atoms with Crippen LogP contribution in [0.15, 0.2) is 5.16 Å². The number of nitrogens with one attached hydrogen (secondary N) is 1. The molecule has 1 aromatic heterocycles. The Kier molecular flexibility index (Phi) is 6.50. The van der Waals surface area contributed by atoms with Gasteiger partial charge in [0.2, 0.25) is 5.91 Å². The summed E-state index contributed by atoms with van der Waals surface area (Å²) in [4.78, 5) is 22.5. The van der Waals surface area contributed by atoms with Crippen LogP contribution in [0, 0.1) is 0 Å². The van der Waals surface area contributed by atoms with E-state index in [2.05, 4.69) is 15.5 Å². The smallest absolute Gasteiger partial charge is 0.313 e. The van der Waals surface area contributed by atoms with E-state index in [1.54, 1.807) is 4.57 Å². The van der Waals surface area contributed by atoms with Gasteiger partial charge in [0.15, 0.2) is 5.16 Å². The summed E-state index contributed by atoms with van der Waals surface area (Å²) in [5.41, 5.74) is 0. The molecule has 1 rings (SSSR count). The van der Waals surface area contributed by atoms with Gasteiger partial charge in [0.25, 0.3) is 0 Å². The number of amides is 1. The zero-order valence-corrected chi connectivity index (χ0v) is 12.7. The molecule has 2 N–H and O–H groups in total. The molecule has 112 valence electrons. The number of hydrogen-bond donors (Lipinski definition) is 2. The topological polar surface area (TPSA) is 97.1 Å². The van der Waals surface area contributed by atoms with Gasteiger partial charge in [-0.2, -0.15) is 0 Å². The fourth-order valence-electron chi connectivity index (χ4n) is 1.57. The number of nitrogens with zero attached hydrogens (tertiary/aromatic N) is 3. The van der Waals surface area contributed by atoms with E-state index in [4.69, 9.17) is 5.11 Å². The second-order valence-electron chi connectivity index (χ2n) is 4.61. The van der Waals surface area contributed by atoms with E-state index >= 15 is 0 Å². The van der Waals surface area contributed by atoms with Crippen molar-refractivity contribution in [1.82, 2.24) is 20.1 Å². The normalized spacial score (nSPS) is 10.8. The maximum absolute atomic E-state index is 11.8. The maximum Gasteiger partial charge on any atom is 0.313 e. The first kappa shape index (κ1) is 16.5. The number of thioether (sulfide) groups is 1. The van der Waals surface area contributed by atoms with Crippen molar-refractivity contribution in [2.75, 3.05) is 12.3 Å². The van der Waals surface area contributed by atoms with Crippen molar-refractivity contribution in [3.63, 3.8) is 0 Å². The summed E-state index contributed by atoms with van der Waals surface area (Å²) in [6, 6.07) is 0. The van der Waals surface area contributed by atoms with Crippen LogP contribution < -0.4 is 5.32 Å². The lowest BCUT2D eigenvalue weighted by atomic mass is 10.2. The van der Waals surface area contributed by atoms with Crippen LogP contribution >= 0.6 is 11.8 Å². The standard InChI is InChI=1S/C12H20N4O3S/c1-4-5-13-9(17)6-16-11(8(2)3)14-15-12(16)20-7-10(18)19/h8H,4-7H2,1-3H3,(H,13,17)(H,18,19). The highest BCUT2D eigenvalue weighted by atomic mass is 32.2. The third kappa shape index (κ3) is 4.84. The lowest BCUT2D eigenvalue weighted by Crippen LogP contribution is -2.29. The summed E-state index contributed by atoms with van der Waals surface area (Å²) in [5, 5.41) is 20.0. The molecule has 0 aromatic carbocycles. The second kappa shape index (κ2) is 7.88. The summed E-state index contributed by atoms with van der Waals surface area (Å²) in [7, 11) is 0. The molecule has 0 saturated carbocycles. The summed E-state index contributed by atoms with van der Waals surface area (Å²) in [6.07, 6.45) is 0.867. The van der Waals surface area contributed by atoms with Gasteiger partial charge in [-0.15, -0.1) is 10.2 Å². The van der Waals surface area contributed by atoms with Gasteiger partial charge in [-0.3, -0.25) is 14.2 Å². The zero-order chi connectivity index (χ0) is 15.1. The minimum Gasteiger partial charge on any atom is -0.481 e. The van der Waals surface area contributed by atoms with E-state index in [1.807, 2.05) is 20.8 Å². The summed E-state index contributed by atoms with van der Waals surface area (Å²) >= 11 is 1.07. The van der Waals surface area contributed by atoms with Gasteiger partial charge in [0, 0.05) is 12.5 Å². The van der Waals surface area contributed by atoms with E-state index in [-0.39, 0.29) is 24.1 Å². The van der Waals surface area contributed by atoms with Gasteiger partial charge in [-0.05, 0) is 6.42 Å². The van der Waals surface area contributed by atoms with E-state index in [1.165, 1.54) is 0 Å². The predicted octanol–water partition coefficient (Wildman–Crippen LogP) is 1.10. The molecular weight excluding hydrogens is 280 g/mol. The van der Waals surface area contributed by atoms with Crippen LogP contribution in [0.2, 0.25) is 0 Å². The molecule has 0 bridgehead atoms. The number of aliphatic carboxylic acids is 1. The quantitative estimate of drug-likeness (QED) is 0.698. The van der Waals surface area contributed by atoms with Gasteiger partial charge in [-0.25, -0.2) is 0 Å². The Morgan fingerprint density at radius 3 is 2.65 bits per heavy atom. The molecule has 7 nitrogen and oxygen atoms in total. The Bertz CT molecular complexity index is 473. The van der Waals surface area contributed by atoms with E-state index in [0.29, 0.717) is 17.5 Å². The van der Waals surface area contributed by atoms with Crippen LogP contribution in [0.25, 0.3) is 0 Å². The molecule has 8 heteroatoms. The largest absolute Gasteiger partial charge is 0.481 e. The number of rotatable bonds is 8.